The second-order valence-corrected chi connectivity index (χ2v) is 9.50. The quantitative estimate of drug-likeness (QED) is 0.495. The molecule has 2 aromatic rings. The van der Waals surface area contributed by atoms with Crippen LogP contribution in [0.25, 0.3) is 11.4 Å². The zero-order chi connectivity index (χ0) is 21.0. The Labute approximate surface area is 181 Å². The maximum absolute atomic E-state index is 12.7. The Bertz CT molecular complexity index is 813. The van der Waals surface area contributed by atoms with Gasteiger partial charge in [-0.1, -0.05) is 48.8 Å². The molecular formula is C20H28Cl2N4OS. The second-order valence-electron chi connectivity index (χ2n) is 7.71. The zero-order valence-corrected chi connectivity index (χ0v) is 19.6. The van der Waals surface area contributed by atoms with Gasteiger partial charge in [-0.2, -0.15) is 0 Å². The number of carbonyl (C=O) groups excluding carboxylic acids is 1. The largest absolute Gasteiger partial charge is 0.337 e. The van der Waals surface area contributed by atoms with Gasteiger partial charge >= 0.3 is 0 Å². The summed E-state index contributed by atoms with van der Waals surface area (Å²) in [5, 5.41) is 10.5. The Morgan fingerprint density at radius 1 is 1.11 bits per heavy atom. The average molecular weight is 443 g/mol. The monoisotopic (exact) mass is 442 g/mol. The minimum atomic E-state index is 0.0974. The van der Waals surface area contributed by atoms with Crippen molar-refractivity contribution in [2.24, 2.45) is 5.92 Å². The molecule has 0 unspecified atom stereocenters. The van der Waals surface area contributed by atoms with Gasteiger partial charge in [-0.05, 0) is 51.8 Å². The van der Waals surface area contributed by atoms with Crippen LogP contribution in [-0.2, 0) is 11.3 Å². The standard InChI is InChI=1S/C20H28Cl2N4OS/c1-12(2)10-25-19(16-8-7-15(21)9-17(16)22)23-24-20(25)28-11-18(27)26(13(3)4)14(5)6/h7-9,12-14H,10-11H2,1-6H3. The fraction of sp³-hybridized carbons (Fsp3) is 0.550. The summed E-state index contributed by atoms with van der Waals surface area (Å²) >= 11 is 13.8. The molecule has 0 aliphatic carbocycles. The van der Waals surface area contributed by atoms with E-state index in [4.69, 9.17) is 23.2 Å². The van der Waals surface area contributed by atoms with Crippen LogP contribution in [0.15, 0.2) is 23.4 Å². The van der Waals surface area contributed by atoms with Crippen LogP contribution in [0, 0.1) is 5.92 Å². The van der Waals surface area contributed by atoms with Crippen molar-refractivity contribution in [3.63, 3.8) is 0 Å². The number of carbonyl (C=O) groups is 1. The summed E-state index contributed by atoms with van der Waals surface area (Å²) in [6, 6.07) is 5.66. The molecule has 0 N–H and O–H groups in total. The number of hydrogen-bond donors (Lipinski definition) is 0. The topological polar surface area (TPSA) is 51.0 Å². The molecule has 1 amide bonds. The van der Waals surface area contributed by atoms with Crippen molar-refractivity contribution in [1.82, 2.24) is 19.7 Å². The first kappa shape index (κ1) is 23.0. The van der Waals surface area contributed by atoms with E-state index in [0.29, 0.717) is 27.5 Å². The Balaban J connectivity index is 2.30. The predicted molar refractivity (Wildman–Crippen MR) is 118 cm³/mol. The molecule has 0 atom stereocenters. The van der Waals surface area contributed by atoms with Crippen LogP contribution in [0.2, 0.25) is 10.0 Å². The molecule has 8 heteroatoms. The molecule has 154 valence electrons. The van der Waals surface area contributed by atoms with E-state index >= 15 is 0 Å². The molecule has 1 aromatic carbocycles. The predicted octanol–water partition coefficient (Wildman–Crippen LogP) is 5.65. The molecule has 0 radical (unpaired) electrons. The summed E-state index contributed by atoms with van der Waals surface area (Å²) < 4.78 is 2.03. The highest BCUT2D eigenvalue weighted by atomic mass is 35.5. The Morgan fingerprint density at radius 3 is 2.29 bits per heavy atom. The van der Waals surface area contributed by atoms with Crippen LogP contribution < -0.4 is 0 Å². The van der Waals surface area contributed by atoms with Gasteiger partial charge in [0.25, 0.3) is 0 Å². The van der Waals surface area contributed by atoms with E-state index in [-0.39, 0.29) is 18.0 Å². The first-order valence-corrected chi connectivity index (χ1v) is 11.2. The highest BCUT2D eigenvalue weighted by Crippen LogP contribution is 2.32. The maximum Gasteiger partial charge on any atom is 0.233 e. The third kappa shape index (κ3) is 5.65. The molecule has 28 heavy (non-hydrogen) atoms. The Kier molecular flexibility index (Phi) is 8.22. The minimum absolute atomic E-state index is 0.0974. The van der Waals surface area contributed by atoms with Crippen LogP contribution in [0.5, 0.6) is 0 Å². The molecule has 0 spiro atoms. The summed E-state index contributed by atoms with van der Waals surface area (Å²) in [6.07, 6.45) is 0. The van der Waals surface area contributed by atoms with Crippen molar-refractivity contribution in [2.45, 2.75) is 65.3 Å². The van der Waals surface area contributed by atoms with Crippen LogP contribution in [0.3, 0.4) is 0 Å². The first-order chi connectivity index (χ1) is 13.1. The number of hydrogen-bond acceptors (Lipinski definition) is 4. The third-order valence-electron chi connectivity index (χ3n) is 4.16. The van der Waals surface area contributed by atoms with Crippen molar-refractivity contribution in [3.8, 4) is 11.4 Å². The van der Waals surface area contributed by atoms with Crippen molar-refractivity contribution in [1.29, 1.82) is 0 Å². The van der Waals surface area contributed by atoms with Crippen LogP contribution in [-0.4, -0.2) is 43.4 Å². The van der Waals surface area contributed by atoms with Gasteiger partial charge in [0, 0.05) is 29.2 Å². The fourth-order valence-corrected chi connectivity index (χ4v) is 4.48. The van der Waals surface area contributed by atoms with Crippen molar-refractivity contribution in [2.75, 3.05) is 5.75 Å². The molecule has 0 fully saturated rings. The molecule has 0 saturated heterocycles. The van der Waals surface area contributed by atoms with Crippen LogP contribution in [0.1, 0.15) is 41.5 Å². The number of amides is 1. The van der Waals surface area contributed by atoms with E-state index in [1.165, 1.54) is 11.8 Å². The van der Waals surface area contributed by atoms with E-state index < -0.39 is 0 Å². The van der Waals surface area contributed by atoms with Crippen molar-refractivity contribution < 1.29 is 4.79 Å². The van der Waals surface area contributed by atoms with Gasteiger partial charge in [-0.3, -0.25) is 4.79 Å². The number of rotatable bonds is 8. The highest BCUT2D eigenvalue weighted by Gasteiger charge is 2.23. The van der Waals surface area contributed by atoms with Gasteiger partial charge in [0.2, 0.25) is 5.91 Å². The number of benzene rings is 1. The first-order valence-electron chi connectivity index (χ1n) is 9.44. The molecule has 2 rings (SSSR count). The molecule has 1 aromatic heterocycles. The van der Waals surface area contributed by atoms with Crippen molar-refractivity contribution in [3.05, 3.63) is 28.2 Å². The zero-order valence-electron chi connectivity index (χ0n) is 17.2. The van der Waals surface area contributed by atoms with Crippen molar-refractivity contribution >= 4 is 40.9 Å². The van der Waals surface area contributed by atoms with Gasteiger partial charge < -0.3 is 9.47 Å². The van der Waals surface area contributed by atoms with E-state index in [1.54, 1.807) is 12.1 Å². The number of thioether (sulfide) groups is 1. The van der Waals surface area contributed by atoms with Gasteiger partial charge in [0.1, 0.15) is 0 Å². The lowest BCUT2D eigenvalue weighted by Crippen LogP contribution is -2.43. The lowest BCUT2D eigenvalue weighted by atomic mass is 10.2. The third-order valence-corrected chi connectivity index (χ3v) is 5.66. The van der Waals surface area contributed by atoms with Gasteiger partial charge in [-0.15, -0.1) is 10.2 Å². The second kappa shape index (κ2) is 9.99. The number of halogens is 2. The summed E-state index contributed by atoms with van der Waals surface area (Å²) in [6.45, 7) is 13.1. The molecule has 5 nitrogen and oxygen atoms in total. The van der Waals surface area contributed by atoms with Gasteiger partial charge in [-0.25, -0.2) is 0 Å². The maximum atomic E-state index is 12.7. The molecule has 0 saturated carbocycles. The summed E-state index contributed by atoms with van der Waals surface area (Å²) in [7, 11) is 0. The average Bonchev–Trinajstić information content (AvgIpc) is 2.94. The summed E-state index contributed by atoms with van der Waals surface area (Å²) in [5.74, 6) is 1.50. The Hall–Kier alpha value is -1.24. The highest BCUT2D eigenvalue weighted by molar-refractivity contribution is 7.99. The SMILES string of the molecule is CC(C)Cn1c(SCC(=O)N(C(C)C)C(C)C)nnc1-c1ccc(Cl)cc1Cl. The minimum Gasteiger partial charge on any atom is -0.337 e. The number of nitrogens with zero attached hydrogens (tertiary/aromatic N) is 4. The van der Waals surface area contributed by atoms with Gasteiger partial charge in [0.05, 0.1) is 10.8 Å². The van der Waals surface area contributed by atoms with E-state index in [0.717, 1.165) is 17.3 Å². The van der Waals surface area contributed by atoms with E-state index in [2.05, 4.69) is 24.0 Å². The van der Waals surface area contributed by atoms with E-state index in [1.807, 2.05) is 43.2 Å². The Morgan fingerprint density at radius 2 is 1.75 bits per heavy atom. The van der Waals surface area contributed by atoms with Crippen LogP contribution in [0.4, 0.5) is 0 Å². The van der Waals surface area contributed by atoms with E-state index in [9.17, 15) is 4.79 Å². The number of aromatic nitrogens is 3. The van der Waals surface area contributed by atoms with Crippen LogP contribution >= 0.6 is 35.0 Å². The summed E-state index contributed by atoms with van der Waals surface area (Å²) in [4.78, 5) is 14.6. The lowest BCUT2D eigenvalue weighted by Gasteiger charge is -2.30. The molecule has 0 bridgehead atoms. The van der Waals surface area contributed by atoms with Gasteiger partial charge in [0.15, 0.2) is 11.0 Å². The molecular weight excluding hydrogens is 415 g/mol. The lowest BCUT2D eigenvalue weighted by molar-refractivity contribution is -0.131. The normalized spacial score (nSPS) is 11.7. The molecule has 0 aliphatic rings. The molecule has 0 aliphatic heterocycles. The molecule has 1 heterocycles. The summed E-state index contributed by atoms with van der Waals surface area (Å²) in [5.41, 5.74) is 0.781. The smallest absolute Gasteiger partial charge is 0.233 e. The fourth-order valence-electron chi connectivity index (χ4n) is 3.17.